The van der Waals surface area contributed by atoms with Gasteiger partial charge in [-0.15, -0.1) is 0 Å². The molecule has 46 heavy (non-hydrogen) atoms. The van der Waals surface area contributed by atoms with Gasteiger partial charge < -0.3 is 9.13 Å². The molecule has 0 radical (unpaired) electrons. The minimum absolute atomic E-state index is 0.00475. The fourth-order valence-electron chi connectivity index (χ4n) is 5.53. The Morgan fingerprint density at radius 3 is 1.13 bits per heavy atom. The molecule has 210 valence electrons. The standard InChI is InChI=1S/C40H20N6/c41-21-25-13-26(22-42)16-31(15-25)45-37-7-3-1-5-33(37)35-19-29(9-11-39(35)45)30-10-12-40-36(20-30)34-6-2-4-8-38(34)46(40)32-17-27(23-43)14-28(18-32)24-44/h1-20H/i1D,2D,3D,4D,5D,6D,7D,8D,9D,10D,11D,12D,19D,20D. The van der Waals surface area contributed by atoms with Gasteiger partial charge in [-0.1, -0.05) is 48.3 Å². The molecule has 0 amide bonds. The molecule has 0 bridgehead atoms. The molecule has 0 fully saturated rings. The summed E-state index contributed by atoms with van der Waals surface area (Å²) in [6.07, 6.45) is 0. The van der Waals surface area contributed by atoms with E-state index in [1.807, 2.05) is 24.3 Å². The lowest BCUT2D eigenvalue weighted by atomic mass is 10.0. The Labute approximate surface area is 283 Å². The van der Waals surface area contributed by atoms with Gasteiger partial charge in [0, 0.05) is 32.9 Å². The molecule has 6 aromatic carbocycles. The molecule has 0 aliphatic rings. The molecule has 8 aromatic rings. The third-order valence-corrected chi connectivity index (χ3v) is 7.43. The zero-order valence-electron chi connectivity index (χ0n) is 37.1. The molecule has 0 aliphatic heterocycles. The van der Waals surface area contributed by atoms with Crippen LogP contribution in [-0.2, 0) is 0 Å². The summed E-state index contributed by atoms with van der Waals surface area (Å²) in [6, 6.07) is 5.79. The minimum Gasteiger partial charge on any atom is -0.309 e. The van der Waals surface area contributed by atoms with Crippen molar-refractivity contribution in [2.75, 3.05) is 0 Å². The van der Waals surface area contributed by atoms with E-state index in [2.05, 4.69) is 0 Å². The minimum atomic E-state index is -0.782. The summed E-state index contributed by atoms with van der Waals surface area (Å²) in [5.41, 5.74) is -2.36. The largest absolute Gasteiger partial charge is 0.309 e. The molecule has 2 heterocycles. The maximum atomic E-state index is 9.77. The van der Waals surface area contributed by atoms with Crippen LogP contribution in [0.1, 0.15) is 41.4 Å². The molecule has 0 spiro atoms. The molecule has 6 nitrogen and oxygen atoms in total. The average Bonchev–Trinajstić information content (AvgIpc) is 3.81. The van der Waals surface area contributed by atoms with E-state index in [0.717, 1.165) is 9.13 Å². The molecule has 0 N–H and O–H groups in total. The van der Waals surface area contributed by atoms with Crippen molar-refractivity contribution in [1.82, 2.24) is 9.13 Å². The van der Waals surface area contributed by atoms with E-state index >= 15 is 0 Å². The Morgan fingerprint density at radius 2 is 0.761 bits per heavy atom. The van der Waals surface area contributed by atoms with Crippen LogP contribution in [0.2, 0.25) is 0 Å². The number of benzene rings is 6. The Morgan fingerprint density at radius 1 is 0.413 bits per heavy atom. The van der Waals surface area contributed by atoms with Gasteiger partial charge in [0.05, 0.1) is 87.8 Å². The van der Waals surface area contributed by atoms with Crippen LogP contribution in [0, 0.1) is 45.3 Å². The van der Waals surface area contributed by atoms with E-state index in [1.54, 1.807) is 0 Å². The zero-order valence-corrected chi connectivity index (χ0v) is 23.1. The van der Waals surface area contributed by atoms with Gasteiger partial charge in [-0.05, 0) is 83.8 Å². The maximum Gasteiger partial charge on any atom is 0.0992 e. The highest BCUT2D eigenvalue weighted by molar-refractivity contribution is 6.12. The zero-order chi connectivity index (χ0) is 43.5. The maximum absolute atomic E-state index is 9.77. The van der Waals surface area contributed by atoms with Crippen molar-refractivity contribution in [3.8, 4) is 46.8 Å². The number of rotatable bonds is 3. The second-order valence-electron chi connectivity index (χ2n) is 10.0. The molecule has 0 atom stereocenters. The smallest absolute Gasteiger partial charge is 0.0992 e. The normalized spacial score (nSPS) is 15.2. The van der Waals surface area contributed by atoms with Gasteiger partial charge in [0.25, 0.3) is 0 Å². The van der Waals surface area contributed by atoms with Crippen LogP contribution in [0.3, 0.4) is 0 Å². The summed E-state index contributed by atoms with van der Waals surface area (Å²) in [4.78, 5) is 0. The first-order valence-corrected chi connectivity index (χ1v) is 13.5. The van der Waals surface area contributed by atoms with E-state index in [0.29, 0.717) is 0 Å². The highest BCUT2D eigenvalue weighted by atomic mass is 15.0. The van der Waals surface area contributed by atoms with E-state index in [9.17, 15) is 29.3 Å². The van der Waals surface area contributed by atoms with Crippen molar-refractivity contribution in [2.24, 2.45) is 0 Å². The predicted molar refractivity (Wildman–Crippen MR) is 179 cm³/mol. The van der Waals surface area contributed by atoms with Crippen molar-refractivity contribution in [2.45, 2.75) is 0 Å². The van der Waals surface area contributed by atoms with Gasteiger partial charge in [-0.3, -0.25) is 0 Å². The van der Waals surface area contributed by atoms with E-state index in [4.69, 9.17) is 11.0 Å². The first-order valence-electron chi connectivity index (χ1n) is 20.5. The van der Waals surface area contributed by atoms with Crippen LogP contribution >= 0.6 is 0 Å². The van der Waals surface area contributed by atoms with E-state index in [-0.39, 0.29) is 77.2 Å². The van der Waals surface area contributed by atoms with Crippen molar-refractivity contribution in [1.29, 1.82) is 21.0 Å². The summed E-state index contributed by atoms with van der Waals surface area (Å²) in [5, 5.41) is 37.9. The molecule has 0 aliphatic carbocycles. The quantitative estimate of drug-likeness (QED) is 0.202. The molecule has 8 rings (SSSR count). The van der Waals surface area contributed by atoms with Crippen LogP contribution in [0.15, 0.2) is 121 Å². The third kappa shape index (κ3) is 4.00. The van der Waals surface area contributed by atoms with Crippen LogP contribution in [0.25, 0.3) is 66.1 Å². The average molecular weight is 599 g/mol. The van der Waals surface area contributed by atoms with Crippen LogP contribution in [-0.4, -0.2) is 9.13 Å². The lowest BCUT2D eigenvalue weighted by Crippen LogP contribution is -1.96. The van der Waals surface area contributed by atoms with Gasteiger partial charge >= 0.3 is 0 Å². The lowest BCUT2D eigenvalue weighted by Gasteiger charge is -2.10. The number of nitrogens with zero attached hydrogens (tertiary/aromatic N) is 6. The number of aromatic nitrogens is 2. The van der Waals surface area contributed by atoms with E-state index in [1.165, 1.54) is 36.4 Å². The van der Waals surface area contributed by atoms with Gasteiger partial charge in [0.1, 0.15) is 0 Å². The van der Waals surface area contributed by atoms with Gasteiger partial charge in [-0.2, -0.15) is 21.0 Å². The molecule has 0 saturated heterocycles. The summed E-state index contributed by atoms with van der Waals surface area (Å²) in [7, 11) is 0. The van der Waals surface area contributed by atoms with Crippen LogP contribution in [0.5, 0.6) is 0 Å². The van der Waals surface area contributed by atoms with Crippen molar-refractivity contribution >= 4 is 43.6 Å². The van der Waals surface area contributed by atoms with Crippen molar-refractivity contribution in [3.05, 3.63) is 143 Å². The number of nitriles is 4. The topological polar surface area (TPSA) is 105 Å². The first-order chi connectivity index (χ1) is 28.4. The van der Waals surface area contributed by atoms with Crippen LogP contribution in [0.4, 0.5) is 0 Å². The van der Waals surface area contributed by atoms with Gasteiger partial charge in [0.2, 0.25) is 0 Å². The number of hydrogen-bond acceptors (Lipinski definition) is 4. The molecule has 6 heteroatoms. The molecule has 0 unspecified atom stereocenters. The predicted octanol–water partition coefficient (Wildman–Crippen LogP) is 9.03. The molecule has 0 saturated carbocycles. The second kappa shape index (κ2) is 10.3. The second-order valence-corrected chi connectivity index (χ2v) is 10.0. The summed E-state index contributed by atoms with van der Waals surface area (Å²) < 4.78 is 129. The Kier molecular flexibility index (Phi) is 3.47. The summed E-state index contributed by atoms with van der Waals surface area (Å²) >= 11 is 0. The lowest BCUT2D eigenvalue weighted by molar-refractivity contribution is 1.17. The first kappa shape index (κ1) is 15.6. The third-order valence-electron chi connectivity index (χ3n) is 7.43. The summed E-state index contributed by atoms with van der Waals surface area (Å²) in [6.45, 7) is 0. The number of hydrogen-bond donors (Lipinski definition) is 0. The Bertz CT molecular complexity index is 3240. The highest BCUT2D eigenvalue weighted by Gasteiger charge is 2.17. The van der Waals surface area contributed by atoms with Crippen LogP contribution < -0.4 is 0 Å². The number of para-hydroxylation sites is 2. The van der Waals surface area contributed by atoms with E-state index < -0.39 is 95.7 Å². The highest BCUT2D eigenvalue weighted by Crippen LogP contribution is 2.38. The fourth-order valence-corrected chi connectivity index (χ4v) is 5.53. The summed E-state index contributed by atoms with van der Waals surface area (Å²) in [5.74, 6) is 0. The van der Waals surface area contributed by atoms with Gasteiger partial charge in [-0.25, -0.2) is 0 Å². The molecular formula is C40H20N6. The number of fused-ring (bicyclic) bond motifs is 6. The monoisotopic (exact) mass is 598 g/mol. The molecule has 2 aromatic heterocycles. The van der Waals surface area contributed by atoms with Crippen molar-refractivity contribution < 1.29 is 19.2 Å². The SMILES string of the molecule is [2H]c1c([2H])c([2H])c2c(c1[2H])c1c([2H])c(-c3c([2H])c([2H])c4c(c3[2H])c3c([2H])c([2H])c([2H])c([2H])c3n4-c3cc(C#N)cc(C#N)c3)c([2H])c([2H])c1n2-c1cc(C#N)cc(C#N)c1. The fraction of sp³-hybridized carbons (Fsp3) is 0. The van der Waals surface area contributed by atoms with Crippen molar-refractivity contribution in [3.63, 3.8) is 0 Å². The Hall–Kier alpha value is -7.12. The van der Waals surface area contributed by atoms with Gasteiger partial charge in [0.15, 0.2) is 0 Å². The molecular weight excluding hydrogens is 564 g/mol. The Balaban J connectivity index is 1.62.